The largest absolute Gasteiger partial charge is 0.320 e. The van der Waals surface area contributed by atoms with Gasteiger partial charge in [-0.05, 0) is 12.1 Å². The van der Waals surface area contributed by atoms with E-state index in [1.54, 1.807) is 11.3 Å². The van der Waals surface area contributed by atoms with Gasteiger partial charge in [0.1, 0.15) is 0 Å². The van der Waals surface area contributed by atoms with E-state index in [-0.39, 0.29) is 0 Å². The average Bonchev–Trinajstić information content (AvgIpc) is 2.44. The number of aromatic nitrogens is 1. The van der Waals surface area contributed by atoms with Crippen molar-refractivity contribution in [3.8, 4) is 0 Å². The molecule has 0 aliphatic carbocycles. The van der Waals surface area contributed by atoms with Gasteiger partial charge in [-0.3, -0.25) is 0 Å². The highest BCUT2D eigenvalue weighted by Gasteiger charge is 1.99. The monoisotopic (exact) mass is 179 g/mol. The van der Waals surface area contributed by atoms with Crippen molar-refractivity contribution in [2.24, 2.45) is 18.0 Å². The predicted molar refractivity (Wildman–Crippen MR) is 50.5 cm³/mol. The Morgan fingerprint density at radius 3 is 2.83 bits per heavy atom. The summed E-state index contributed by atoms with van der Waals surface area (Å²) >= 11 is 1.60. The van der Waals surface area contributed by atoms with Crippen molar-refractivity contribution in [3.05, 3.63) is 29.1 Å². The van der Waals surface area contributed by atoms with Crippen LogP contribution in [0.2, 0.25) is 0 Å². The zero-order chi connectivity index (χ0) is 8.55. The second-order valence-electron chi connectivity index (χ2n) is 2.54. The molecule has 3 nitrogen and oxygen atoms in total. The van der Waals surface area contributed by atoms with E-state index in [2.05, 4.69) is 17.2 Å². The van der Waals surface area contributed by atoms with Crippen LogP contribution in [0.4, 0.5) is 0 Å². The van der Waals surface area contributed by atoms with Gasteiger partial charge in [-0.15, -0.1) is 0 Å². The smallest absolute Gasteiger partial charge is 0.208 e. The standard InChI is InChI=1S/C8H9N3S/c1-11-6-4-2-3-5-7(6)12-8(11)10-9/h2-5H,9H2,1H3/b10-8-. The SMILES string of the molecule is Cn1/c(=N/N)sc2ccccc21. The Labute approximate surface area is 73.8 Å². The molecule has 12 heavy (non-hydrogen) atoms. The first-order valence-corrected chi connectivity index (χ1v) is 4.43. The zero-order valence-corrected chi connectivity index (χ0v) is 7.51. The molecule has 0 aliphatic rings. The highest BCUT2D eigenvalue weighted by molar-refractivity contribution is 7.16. The molecule has 0 radical (unpaired) electrons. The number of rotatable bonds is 0. The van der Waals surface area contributed by atoms with Crippen molar-refractivity contribution in [2.45, 2.75) is 0 Å². The van der Waals surface area contributed by atoms with E-state index in [0.29, 0.717) is 0 Å². The third-order valence-electron chi connectivity index (χ3n) is 1.83. The number of hydrogen-bond donors (Lipinski definition) is 1. The number of hydrogen-bond acceptors (Lipinski definition) is 3. The van der Waals surface area contributed by atoms with Gasteiger partial charge in [0.25, 0.3) is 0 Å². The fraction of sp³-hybridized carbons (Fsp3) is 0.125. The van der Waals surface area contributed by atoms with Crippen LogP contribution in [0.3, 0.4) is 0 Å². The first-order chi connectivity index (χ1) is 5.83. The van der Waals surface area contributed by atoms with Crippen LogP contribution in [0.25, 0.3) is 10.2 Å². The first-order valence-electron chi connectivity index (χ1n) is 3.61. The van der Waals surface area contributed by atoms with E-state index in [1.165, 1.54) is 10.2 Å². The lowest BCUT2D eigenvalue weighted by molar-refractivity contribution is 0.888. The van der Waals surface area contributed by atoms with Crippen LogP contribution in [0, 0.1) is 0 Å². The molecule has 0 atom stereocenters. The van der Waals surface area contributed by atoms with Gasteiger partial charge in [0.05, 0.1) is 10.2 Å². The Kier molecular flexibility index (Phi) is 1.62. The van der Waals surface area contributed by atoms with Crippen LogP contribution in [-0.4, -0.2) is 4.57 Å². The number of nitrogens with zero attached hydrogens (tertiary/aromatic N) is 2. The molecule has 0 aliphatic heterocycles. The molecule has 1 aromatic heterocycles. The molecule has 0 saturated heterocycles. The normalized spacial score (nSPS) is 12.6. The Bertz CT molecular complexity index is 466. The Morgan fingerprint density at radius 2 is 2.17 bits per heavy atom. The molecule has 1 heterocycles. The maximum Gasteiger partial charge on any atom is 0.208 e. The van der Waals surface area contributed by atoms with Crippen molar-refractivity contribution >= 4 is 21.6 Å². The van der Waals surface area contributed by atoms with E-state index in [1.807, 2.05) is 23.7 Å². The summed E-state index contributed by atoms with van der Waals surface area (Å²) in [4.78, 5) is 0.844. The second kappa shape index (κ2) is 2.64. The minimum Gasteiger partial charge on any atom is -0.320 e. The minimum atomic E-state index is 0.844. The highest BCUT2D eigenvalue weighted by Crippen LogP contribution is 2.14. The third-order valence-corrected chi connectivity index (χ3v) is 2.95. The van der Waals surface area contributed by atoms with E-state index in [4.69, 9.17) is 5.84 Å². The highest BCUT2D eigenvalue weighted by atomic mass is 32.1. The molecule has 0 unspecified atom stereocenters. The summed E-state index contributed by atoms with van der Waals surface area (Å²) in [7, 11) is 1.96. The number of nitrogens with two attached hydrogens (primary N) is 1. The molecule has 62 valence electrons. The molecular weight excluding hydrogens is 170 g/mol. The molecule has 4 heteroatoms. The van der Waals surface area contributed by atoms with E-state index < -0.39 is 0 Å². The lowest BCUT2D eigenvalue weighted by Crippen LogP contribution is -2.11. The van der Waals surface area contributed by atoms with Crippen LogP contribution >= 0.6 is 11.3 Å². The average molecular weight is 179 g/mol. The Morgan fingerprint density at radius 1 is 1.42 bits per heavy atom. The predicted octanol–water partition coefficient (Wildman–Crippen LogP) is 1.01. The van der Waals surface area contributed by atoms with Gasteiger partial charge < -0.3 is 10.4 Å². The fourth-order valence-electron chi connectivity index (χ4n) is 1.20. The van der Waals surface area contributed by atoms with E-state index in [9.17, 15) is 0 Å². The van der Waals surface area contributed by atoms with Crippen molar-refractivity contribution < 1.29 is 0 Å². The number of thiazole rings is 1. The summed E-state index contributed by atoms with van der Waals surface area (Å²) < 4.78 is 3.20. The molecule has 2 N–H and O–H groups in total. The lowest BCUT2D eigenvalue weighted by Gasteiger charge is -1.91. The van der Waals surface area contributed by atoms with E-state index >= 15 is 0 Å². The van der Waals surface area contributed by atoms with Gasteiger partial charge in [-0.25, -0.2) is 0 Å². The lowest BCUT2D eigenvalue weighted by atomic mass is 10.3. The summed E-state index contributed by atoms with van der Waals surface area (Å²) in [6, 6.07) is 8.14. The van der Waals surface area contributed by atoms with Crippen LogP contribution in [0.1, 0.15) is 0 Å². The quantitative estimate of drug-likeness (QED) is 0.476. The van der Waals surface area contributed by atoms with Crippen molar-refractivity contribution in [1.82, 2.24) is 4.57 Å². The van der Waals surface area contributed by atoms with Gasteiger partial charge in [-0.2, -0.15) is 5.10 Å². The number of benzene rings is 1. The van der Waals surface area contributed by atoms with Crippen molar-refractivity contribution in [2.75, 3.05) is 0 Å². The first kappa shape index (κ1) is 7.36. The van der Waals surface area contributed by atoms with Crippen molar-refractivity contribution in [1.29, 1.82) is 0 Å². The third kappa shape index (κ3) is 0.921. The maximum absolute atomic E-state index is 5.23. The molecule has 0 spiro atoms. The Hall–Kier alpha value is -1.29. The summed E-state index contributed by atoms with van der Waals surface area (Å²) in [6.07, 6.45) is 0. The molecule has 0 fully saturated rings. The van der Waals surface area contributed by atoms with Crippen LogP contribution in [0.5, 0.6) is 0 Å². The van der Waals surface area contributed by atoms with E-state index in [0.717, 1.165) is 4.80 Å². The van der Waals surface area contributed by atoms with Gasteiger partial charge >= 0.3 is 0 Å². The van der Waals surface area contributed by atoms with Crippen LogP contribution in [-0.2, 0) is 7.05 Å². The summed E-state index contributed by atoms with van der Waals surface area (Å²) in [5.74, 6) is 5.23. The number of para-hydroxylation sites is 1. The van der Waals surface area contributed by atoms with Crippen LogP contribution in [0.15, 0.2) is 29.4 Å². The summed E-state index contributed by atoms with van der Waals surface area (Å²) in [6.45, 7) is 0. The van der Waals surface area contributed by atoms with Gasteiger partial charge in [0.2, 0.25) is 4.80 Å². The second-order valence-corrected chi connectivity index (χ2v) is 3.55. The number of aryl methyl sites for hydroxylation is 1. The van der Waals surface area contributed by atoms with Crippen LogP contribution < -0.4 is 10.6 Å². The summed E-state index contributed by atoms with van der Waals surface area (Å²) in [5, 5.41) is 3.69. The molecule has 0 saturated carbocycles. The van der Waals surface area contributed by atoms with Gasteiger partial charge in [0, 0.05) is 7.05 Å². The Balaban J connectivity index is 2.98. The molecule has 1 aromatic carbocycles. The van der Waals surface area contributed by atoms with Crippen molar-refractivity contribution in [3.63, 3.8) is 0 Å². The fourth-order valence-corrected chi connectivity index (χ4v) is 2.14. The number of fused-ring (bicyclic) bond motifs is 1. The minimum absolute atomic E-state index is 0.844. The molecule has 2 rings (SSSR count). The van der Waals surface area contributed by atoms with Gasteiger partial charge in [-0.1, -0.05) is 23.5 Å². The topological polar surface area (TPSA) is 43.3 Å². The molecule has 2 aromatic rings. The molecular formula is C8H9N3S. The molecule has 0 bridgehead atoms. The zero-order valence-electron chi connectivity index (χ0n) is 6.69. The maximum atomic E-state index is 5.23. The summed E-state index contributed by atoms with van der Waals surface area (Å²) in [5.41, 5.74) is 1.17. The molecule has 0 amide bonds. The van der Waals surface area contributed by atoms with Gasteiger partial charge in [0.15, 0.2) is 0 Å².